The molecule has 0 amide bonds. The lowest BCUT2D eigenvalue weighted by atomic mass is 9.76. The summed E-state index contributed by atoms with van der Waals surface area (Å²) in [6.45, 7) is 12.8. The van der Waals surface area contributed by atoms with Crippen molar-refractivity contribution in [3.05, 3.63) is 53.6 Å². The van der Waals surface area contributed by atoms with E-state index in [9.17, 15) is 13.2 Å². The highest BCUT2D eigenvalue weighted by atomic mass is 32.2. The number of carbonyl (C=O) groups is 1. The van der Waals surface area contributed by atoms with E-state index in [4.69, 9.17) is 14.0 Å². The highest BCUT2D eigenvalue weighted by molar-refractivity contribution is 7.93. The molecule has 1 aromatic heterocycles. The van der Waals surface area contributed by atoms with Crippen LogP contribution in [0, 0.1) is 0 Å². The summed E-state index contributed by atoms with van der Waals surface area (Å²) in [4.78, 5) is 12.5. The Hall–Kier alpha value is -2.36. The summed E-state index contributed by atoms with van der Waals surface area (Å²) in [6, 6.07) is 4.88. The Morgan fingerprint density at radius 3 is 2.30 bits per heavy atom. The second-order valence-corrected chi connectivity index (χ2v) is 10.2. The Balaban J connectivity index is 2.29. The third kappa shape index (κ3) is 3.40. The highest BCUT2D eigenvalue weighted by Gasteiger charge is 2.52. The van der Waals surface area contributed by atoms with E-state index in [0.29, 0.717) is 10.8 Å². The summed E-state index contributed by atoms with van der Waals surface area (Å²) in [5.41, 5.74) is -0.152. The van der Waals surface area contributed by atoms with Crippen LogP contribution in [0.15, 0.2) is 48.0 Å². The van der Waals surface area contributed by atoms with Crippen molar-refractivity contribution in [1.29, 1.82) is 0 Å². The van der Waals surface area contributed by atoms with Crippen LogP contribution in [-0.2, 0) is 24.1 Å². The van der Waals surface area contributed by atoms with Gasteiger partial charge in [0.1, 0.15) is 0 Å². The van der Waals surface area contributed by atoms with Crippen LogP contribution >= 0.6 is 0 Å². The van der Waals surface area contributed by atoms with Gasteiger partial charge in [-0.05, 0) is 58.3 Å². The van der Waals surface area contributed by atoms with Gasteiger partial charge < -0.3 is 14.0 Å². The molecule has 0 radical (unpaired) electrons. The lowest BCUT2D eigenvalue weighted by Crippen LogP contribution is -2.41. The van der Waals surface area contributed by atoms with Gasteiger partial charge in [-0.1, -0.05) is 18.7 Å². The second kappa shape index (κ2) is 7.41. The number of aromatic nitrogens is 1. The van der Waals surface area contributed by atoms with Gasteiger partial charge in [0.15, 0.2) is 0 Å². The monoisotopic (exact) mass is 431 g/mol. The lowest BCUT2D eigenvalue weighted by molar-refractivity contribution is 0.00578. The van der Waals surface area contributed by atoms with Gasteiger partial charge in [0.25, 0.3) is 10.0 Å². The minimum atomic E-state index is -3.92. The zero-order valence-electron chi connectivity index (χ0n) is 18.1. The van der Waals surface area contributed by atoms with E-state index in [0.717, 1.165) is 3.97 Å². The van der Waals surface area contributed by atoms with Crippen molar-refractivity contribution in [2.75, 3.05) is 7.11 Å². The van der Waals surface area contributed by atoms with Crippen LogP contribution in [0.3, 0.4) is 0 Å². The molecule has 3 rings (SSSR count). The van der Waals surface area contributed by atoms with E-state index < -0.39 is 34.3 Å². The molecular formula is C21H26BNO6S. The summed E-state index contributed by atoms with van der Waals surface area (Å²) in [6.07, 6.45) is 4.22. The molecule has 0 saturated carbocycles. The first-order valence-corrected chi connectivity index (χ1v) is 10.9. The number of rotatable bonds is 5. The first-order chi connectivity index (χ1) is 13.9. The third-order valence-corrected chi connectivity index (χ3v) is 7.55. The number of hydrogen-bond donors (Lipinski definition) is 0. The van der Waals surface area contributed by atoms with Crippen LogP contribution < -0.4 is 5.46 Å². The summed E-state index contributed by atoms with van der Waals surface area (Å²) in [5, 5.41) is 0.534. The van der Waals surface area contributed by atoms with Gasteiger partial charge in [0, 0.05) is 11.6 Å². The molecule has 1 aromatic carbocycles. The van der Waals surface area contributed by atoms with Crippen molar-refractivity contribution in [2.45, 2.75) is 45.8 Å². The van der Waals surface area contributed by atoms with E-state index in [-0.39, 0.29) is 16.0 Å². The Kier molecular flexibility index (Phi) is 5.51. The Morgan fingerprint density at radius 1 is 1.17 bits per heavy atom. The topological polar surface area (TPSA) is 83.8 Å². The largest absolute Gasteiger partial charge is 0.495 e. The molecule has 9 heteroatoms. The van der Waals surface area contributed by atoms with Crippen molar-refractivity contribution in [1.82, 2.24) is 3.97 Å². The molecule has 160 valence electrons. The SMILES string of the molecule is C=CC=C(C)S(=O)(=O)n1ccc2c(B3OC(C)(C)C(C)(C)O3)ccc(C(=O)OC)c21. The summed E-state index contributed by atoms with van der Waals surface area (Å²) in [5.74, 6) is -0.638. The van der Waals surface area contributed by atoms with Gasteiger partial charge in [-0.15, -0.1) is 0 Å². The van der Waals surface area contributed by atoms with Gasteiger partial charge in [-0.2, -0.15) is 0 Å². The van der Waals surface area contributed by atoms with Crippen molar-refractivity contribution in [3.8, 4) is 0 Å². The summed E-state index contributed by atoms with van der Waals surface area (Å²) < 4.78 is 44.5. The number of methoxy groups -OCH3 is 1. The van der Waals surface area contributed by atoms with Crippen molar-refractivity contribution in [3.63, 3.8) is 0 Å². The number of carbonyl (C=O) groups excluding carboxylic acids is 1. The van der Waals surface area contributed by atoms with Gasteiger partial charge in [-0.3, -0.25) is 0 Å². The minimum absolute atomic E-state index is 0.0897. The smallest absolute Gasteiger partial charge is 0.465 e. The van der Waals surface area contributed by atoms with E-state index in [1.54, 1.807) is 12.1 Å². The van der Waals surface area contributed by atoms with E-state index in [2.05, 4.69) is 6.58 Å². The summed E-state index contributed by atoms with van der Waals surface area (Å²) >= 11 is 0. The summed E-state index contributed by atoms with van der Waals surface area (Å²) in [7, 11) is -3.38. The fourth-order valence-electron chi connectivity index (χ4n) is 3.31. The Morgan fingerprint density at radius 2 is 1.77 bits per heavy atom. The second-order valence-electron chi connectivity index (χ2n) is 8.17. The molecule has 1 aliphatic rings. The van der Waals surface area contributed by atoms with Crippen LogP contribution in [0.25, 0.3) is 10.9 Å². The van der Waals surface area contributed by atoms with Crippen LogP contribution in [0.2, 0.25) is 0 Å². The molecule has 30 heavy (non-hydrogen) atoms. The van der Waals surface area contributed by atoms with Crippen molar-refractivity contribution >= 4 is 39.5 Å². The maximum absolute atomic E-state index is 13.1. The lowest BCUT2D eigenvalue weighted by Gasteiger charge is -2.32. The van der Waals surface area contributed by atoms with E-state index in [1.807, 2.05) is 27.7 Å². The number of fused-ring (bicyclic) bond motifs is 1. The van der Waals surface area contributed by atoms with Crippen LogP contribution in [0.4, 0.5) is 0 Å². The zero-order valence-corrected chi connectivity index (χ0v) is 18.9. The first kappa shape index (κ1) is 22.3. The molecule has 2 aromatic rings. The van der Waals surface area contributed by atoms with Crippen LogP contribution in [0.1, 0.15) is 45.0 Å². The third-order valence-electron chi connectivity index (χ3n) is 5.78. The van der Waals surface area contributed by atoms with Crippen LogP contribution in [0.5, 0.6) is 0 Å². The normalized spacial score (nSPS) is 18.6. The fourth-order valence-corrected chi connectivity index (χ4v) is 4.55. The zero-order chi connectivity index (χ0) is 22.5. The molecule has 1 aliphatic heterocycles. The number of allylic oxidation sites excluding steroid dienone is 3. The average molecular weight is 431 g/mol. The standard InChI is InChI=1S/C21H26BNO6S/c1-8-9-14(2)30(25,26)23-13-12-15-17(11-10-16(18(15)23)19(24)27-7)22-28-20(3,4)21(5,6)29-22/h8-13H,1H2,2-7H3. The van der Waals surface area contributed by atoms with Crippen LogP contribution in [-0.4, -0.2) is 43.8 Å². The first-order valence-electron chi connectivity index (χ1n) is 9.50. The molecule has 0 unspecified atom stereocenters. The molecule has 0 atom stereocenters. The minimum Gasteiger partial charge on any atom is -0.465 e. The van der Waals surface area contributed by atoms with Crippen molar-refractivity contribution in [2.24, 2.45) is 0 Å². The molecule has 1 saturated heterocycles. The van der Waals surface area contributed by atoms with E-state index in [1.165, 1.54) is 38.4 Å². The number of hydrogen-bond acceptors (Lipinski definition) is 6. The van der Waals surface area contributed by atoms with Gasteiger partial charge in [-0.25, -0.2) is 17.2 Å². The number of esters is 1. The molecule has 0 aliphatic carbocycles. The maximum Gasteiger partial charge on any atom is 0.495 e. The molecule has 7 nitrogen and oxygen atoms in total. The fraction of sp³-hybridized carbons (Fsp3) is 0.381. The quantitative estimate of drug-likeness (QED) is 0.411. The Bertz CT molecular complexity index is 1140. The van der Waals surface area contributed by atoms with Gasteiger partial charge >= 0.3 is 13.1 Å². The average Bonchev–Trinajstić information content (AvgIpc) is 3.19. The molecule has 0 bridgehead atoms. The van der Waals surface area contributed by atoms with Gasteiger partial charge in [0.05, 0.1) is 34.3 Å². The van der Waals surface area contributed by atoms with E-state index >= 15 is 0 Å². The molecule has 2 heterocycles. The highest BCUT2D eigenvalue weighted by Crippen LogP contribution is 2.37. The van der Waals surface area contributed by atoms with Crippen molar-refractivity contribution < 1.29 is 27.3 Å². The number of nitrogens with zero attached hydrogens (tertiary/aromatic N) is 1. The molecule has 0 spiro atoms. The van der Waals surface area contributed by atoms with Gasteiger partial charge in [0.2, 0.25) is 0 Å². The molecule has 0 N–H and O–H groups in total. The number of benzene rings is 1. The number of ether oxygens (including phenoxy) is 1. The Labute approximate surface area is 177 Å². The predicted molar refractivity (Wildman–Crippen MR) is 117 cm³/mol. The maximum atomic E-state index is 13.1. The molecule has 1 fully saturated rings. The molecular weight excluding hydrogens is 405 g/mol. The predicted octanol–water partition coefficient (Wildman–Crippen LogP) is 2.99.